The molecule has 0 atom stereocenters. The van der Waals surface area contributed by atoms with Gasteiger partial charge in [0.25, 0.3) is 0 Å². The van der Waals surface area contributed by atoms with Crippen LogP contribution in [0, 0.1) is 0 Å². The van der Waals surface area contributed by atoms with Crippen LogP contribution in [-0.2, 0) is 35.6 Å². The normalized spacial score (nSPS) is 16.7. The molecule has 2 aromatic heterocycles. The maximum absolute atomic E-state index is 12.3. The fourth-order valence-corrected chi connectivity index (χ4v) is 3.99. The Morgan fingerprint density at radius 3 is 2.47 bits per heavy atom. The summed E-state index contributed by atoms with van der Waals surface area (Å²) in [6.07, 6.45) is -0.745. The minimum atomic E-state index is -5.08. The Hall–Kier alpha value is -2.40. The molecule has 2 aromatic rings. The Morgan fingerprint density at radius 1 is 1.20 bits per heavy atom. The molecular formula is C19H22F3N3O4S. The molecular weight excluding hydrogens is 423 g/mol. The summed E-state index contributed by atoms with van der Waals surface area (Å²) in [5.41, 5.74) is 2.03. The van der Waals surface area contributed by atoms with Gasteiger partial charge in [0.2, 0.25) is 11.8 Å². The van der Waals surface area contributed by atoms with Crippen molar-refractivity contribution < 1.29 is 32.3 Å². The molecule has 0 radical (unpaired) electrons. The first-order valence-corrected chi connectivity index (χ1v) is 10.5. The highest BCUT2D eigenvalue weighted by molar-refractivity contribution is 7.08. The lowest BCUT2D eigenvalue weighted by Gasteiger charge is -2.24. The molecule has 1 saturated heterocycles. The Kier molecular flexibility index (Phi) is 7.14. The number of carbonyl (C=O) groups is 2. The smallest absolute Gasteiger partial charge is 0.475 e. The van der Waals surface area contributed by atoms with Gasteiger partial charge < -0.3 is 14.4 Å². The molecule has 1 N–H and O–H groups in total. The highest BCUT2D eigenvalue weighted by Gasteiger charge is 2.38. The number of nitrogens with zero attached hydrogens (tertiary/aromatic N) is 3. The molecule has 4 rings (SSSR count). The van der Waals surface area contributed by atoms with Gasteiger partial charge in [0.05, 0.1) is 26.1 Å². The topological polar surface area (TPSA) is 86.9 Å². The first-order chi connectivity index (χ1) is 14.2. The summed E-state index contributed by atoms with van der Waals surface area (Å²) in [6, 6.07) is 2.01. The highest BCUT2D eigenvalue weighted by Crippen LogP contribution is 2.25. The predicted molar refractivity (Wildman–Crippen MR) is 102 cm³/mol. The summed E-state index contributed by atoms with van der Waals surface area (Å²) in [4.78, 5) is 30.1. The molecule has 0 bridgehead atoms. The van der Waals surface area contributed by atoms with E-state index in [9.17, 15) is 18.0 Å². The molecule has 7 nitrogen and oxygen atoms in total. The first-order valence-electron chi connectivity index (χ1n) is 9.51. The molecule has 4 heterocycles. The van der Waals surface area contributed by atoms with E-state index in [4.69, 9.17) is 14.3 Å². The van der Waals surface area contributed by atoms with E-state index in [0.29, 0.717) is 19.5 Å². The second kappa shape index (κ2) is 9.61. The molecule has 1 amide bonds. The molecule has 11 heteroatoms. The third-order valence-electron chi connectivity index (χ3n) is 4.84. The van der Waals surface area contributed by atoms with Gasteiger partial charge in [0, 0.05) is 0 Å². The Morgan fingerprint density at radius 2 is 1.90 bits per heavy atom. The van der Waals surface area contributed by atoms with Crippen molar-refractivity contribution in [2.75, 3.05) is 13.1 Å². The molecule has 0 unspecified atom stereocenters. The number of rotatable bonds is 4. The fraction of sp³-hybridized carbons (Fsp3) is 0.526. The Balaban J connectivity index is 0.000000318. The minimum Gasteiger partial charge on any atom is -0.475 e. The van der Waals surface area contributed by atoms with Crippen LogP contribution in [0.25, 0.3) is 0 Å². The SMILES string of the molecule is O=C(Cc1ccsc1)N1Cc2nc(CN3CCCCC3)oc2C1.O=C(O)C(F)(F)F. The fourth-order valence-electron chi connectivity index (χ4n) is 3.33. The maximum atomic E-state index is 12.3. The van der Waals surface area contributed by atoms with Crippen LogP contribution in [0.4, 0.5) is 13.2 Å². The van der Waals surface area contributed by atoms with Crippen LogP contribution >= 0.6 is 11.3 Å². The van der Waals surface area contributed by atoms with Crippen molar-refractivity contribution in [2.24, 2.45) is 0 Å². The van der Waals surface area contributed by atoms with Gasteiger partial charge in [-0.05, 0) is 48.3 Å². The van der Waals surface area contributed by atoms with E-state index in [1.54, 1.807) is 11.3 Å². The van der Waals surface area contributed by atoms with Crippen molar-refractivity contribution in [3.63, 3.8) is 0 Å². The van der Waals surface area contributed by atoms with Crippen LogP contribution in [0.5, 0.6) is 0 Å². The van der Waals surface area contributed by atoms with Crippen molar-refractivity contribution >= 4 is 23.2 Å². The molecule has 0 aliphatic carbocycles. The van der Waals surface area contributed by atoms with Crippen LogP contribution in [0.2, 0.25) is 0 Å². The van der Waals surface area contributed by atoms with Gasteiger partial charge in [-0.3, -0.25) is 9.69 Å². The molecule has 0 aromatic carbocycles. The number of carboxylic acid groups (broad SMARTS) is 1. The van der Waals surface area contributed by atoms with E-state index >= 15 is 0 Å². The van der Waals surface area contributed by atoms with Crippen LogP contribution in [0.1, 0.15) is 42.2 Å². The Bertz CT molecular complexity index is 838. The molecule has 30 heavy (non-hydrogen) atoms. The number of fused-ring (bicyclic) bond motifs is 1. The van der Waals surface area contributed by atoms with E-state index in [1.165, 1.54) is 19.3 Å². The summed E-state index contributed by atoms with van der Waals surface area (Å²) < 4.78 is 37.6. The Labute approximate surface area is 175 Å². The third-order valence-corrected chi connectivity index (χ3v) is 5.57. The number of likely N-dealkylation sites (tertiary alicyclic amines) is 1. The summed E-state index contributed by atoms with van der Waals surface area (Å²) >= 11 is 1.63. The highest BCUT2D eigenvalue weighted by atomic mass is 32.1. The summed E-state index contributed by atoms with van der Waals surface area (Å²) in [5.74, 6) is -0.931. The molecule has 2 aliphatic rings. The average molecular weight is 445 g/mol. The number of carbonyl (C=O) groups excluding carboxylic acids is 1. The van der Waals surface area contributed by atoms with Crippen molar-refractivity contribution in [3.05, 3.63) is 39.7 Å². The zero-order valence-electron chi connectivity index (χ0n) is 16.2. The zero-order chi connectivity index (χ0) is 21.7. The minimum absolute atomic E-state index is 0.147. The number of carboxylic acids is 1. The summed E-state index contributed by atoms with van der Waals surface area (Å²) in [5, 5.41) is 11.2. The van der Waals surface area contributed by atoms with Gasteiger partial charge >= 0.3 is 12.1 Å². The number of hydrogen-bond acceptors (Lipinski definition) is 6. The average Bonchev–Trinajstić information content (AvgIpc) is 3.39. The van der Waals surface area contributed by atoms with Gasteiger partial charge in [-0.25, -0.2) is 9.78 Å². The third kappa shape index (κ3) is 6.05. The maximum Gasteiger partial charge on any atom is 0.490 e. The predicted octanol–water partition coefficient (Wildman–Crippen LogP) is 3.44. The lowest BCUT2D eigenvalue weighted by atomic mass is 10.1. The van der Waals surface area contributed by atoms with Crippen molar-refractivity contribution in [1.82, 2.24) is 14.8 Å². The number of aliphatic carboxylic acids is 1. The number of hydrogen-bond donors (Lipinski definition) is 1. The second-order valence-electron chi connectivity index (χ2n) is 7.18. The second-order valence-corrected chi connectivity index (χ2v) is 7.96. The largest absolute Gasteiger partial charge is 0.490 e. The molecule has 0 saturated carbocycles. The lowest BCUT2D eigenvalue weighted by Crippen LogP contribution is -2.29. The van der Waals surface area contributed by atoms with Gasteiger partial charge in [0.15, 0.2) is 0 Å². The number of amides is 1. The van der Waals surface area contributed by atoms with Crippen molar-refractivity contribution in [3.8, 4) is 0 Å². The van der Waals surface area contributed by atoms with Gasteiger partial charge in [-0.1, -0.05) is 6.42 Å². The lowest BCUT2D eigenvalue weighted by molar-refractivity contribution is -0.192. The van der Waals surface area contributed by atoms with E-state index in [-0.39, 0.29) is 5.91 Å². The number of halogens is 3. The van der Waals surface area contributed by atoms with Crippen LogP contribution in [0.15, 0.2) is 21.2 Å². The van der Waals surface area contributed by atoms with Crippen molar-refractivity contribution in [2.45, 2.75) is 51.5 Å². The van der Waals surface area contributed by atoms with E-state index < -0.39 is 12.1 Å². The van der Waals surface area contributed by atoms with Crippen LogP contribution in [0.3, 0.4) is 0 Å². The number of thiophene rings is 1. The monoisotopic (exact) mass is 445 g/mol. The zero-order valence-corrected chi connectivity index (χ0v) is 17.0. The summed E-state index contributed by atoms with van der Waals surface area (Å²) in [6.45, 7) is 4.22. The van der Waals surface area contributed by atoms with E-state index in [1.807, 2.05) is 21.7 Å². The van der Waals surface area contributed by atoms with E-state index in [2.05, 4.69) is 9.88 Å². The molecule has 164 valence electrons. The standard InChI is InChI=1S/C17H21N3O2S.C2HF3O2/c21-17(8-13-4-7-23-12-13)20-9-14-15(10-20)22-16(18-14)11-19-5-2-1-3-6-19;3-2(4,5)1(6)7/h4,7,12H,1-3,5-6,8-11H2;(H,6,7). The number of alkyl halides is 3. The molecule has 0 spiro atoms. The number of aromatic nitrogens is 1. The van der Waals surface area contributed by atoms with Gasteiger partial charge in [-0.2, -0.15) is 24.5 Å². The van der Waals surface area contributed by atoms with Gasteiger partial charge in [-0.15, -0.1) is 0 Å². The quantitative estimate of drug-likeness (QED) is 0.776. The molecule has 2 aliphatic heterocycles. The van der Waals surface area contributed by atoms with Crippen molar-refractivity contribution in [1.29, 1.82) is 0 Å². The van der Waals surface area contributed by atoms with Crippen LogP contribution < -0.4 is 0 Å². The van der Waals surface area contributed by atoms with E-state index in [0.717, 1.165) is 42.5 Å². The van der Waals surface area contributed by atoms with Crippen LogP contribution in [-0.4, -0.2) is 51.0 Å². The first kappa shape index (κ1) is 22.3. The van der Waals surface area contributed by atoms with Gasteiger partial charge in [0.1, 0.15) is 11.5 Å². The number of oxazole rings is 1. The number of piperidine rings is 1. The molecule has 1 fully saturated rings. The summed E-state index contributed by atoms with van der Waals surface area (Å²) in [7, 11) is 0.